The number of para-hydroxylation sites is 1. The van der Waals surface area contributed by atoms with Crippen molar-refractivity contribution in [3.63, 3.8) is 0 Å². The fourth-order valence-corrected chi connectivity index (χ4v) is 4.37. The Kier molecular flexibility index (Phi) is 6.79. The molecule has 1 atom stereocenters. The van der Waals surface area contributed by atoms with Gasteiger partial charge in [0.05, 0.1) is 4.88 Å². The molecule has 4 rings (SSSR count). The molecule has 0 radical (unpaired) electrons. The molecule has 0 spiro atoms. The van der Waals surface area contributed by atoms with Crippen LogP contribution in [-0.2, 0) is 4.79 Å². The lowest BCUT2D eigenvalue weighted by Crippen LogP contribution is -2.30. The summed E-state index contributed by atoms with van der Waals surface area (Å²) in [6, 6.07) is 22.1. The molecule has 2 heterocycles. The summed E-state index contributed by atoms with van der Waals surface area (Å²) in [6.07, 6.45) is 3.01. The number of H-pyrrole nitrogens is 1. The molecule has 3 N–H and O–H groups in total. The Morgan fingerprint density at radius 1 is 0.935 bits per heavy atom. The van der Waals surface area contributed by atoms with Crippen molar-refractivity contribution in [2.24, 2.45) is 0 Å². The van der Waals surface area contributed by atoms with Gasteiger partial charge in [0.15, 0.2) is 0 Å². The minimum atomic E-state index is -0.0844. The van der Waals surface area contributed by atoms with Crippen LogP contribution in [-0.4, -0.2) is 29.9 Å². The number of nitrogens with one attached hydrogen (secondary N) is 3. The topological polar surface area (TPSA) is 74.0 Å². The standard InChI is InChI=1S/C25H25N3O2S/c29-24(13-6-14-26-25(30)23-12-7-15-31-23)28-16-20(18-8-2-1-3-9-18)21-17-27-22-11-5-4-10-19(21)22/h1-5,7-12,15,17,20,27H,6,13-14,16H2,(H,26,30)(H,28,29). The first-order valence-corrected chi connectivity index (χ1v) is 11.3. The number of aromatic nitrogens is 1. The third-order valence-electron chi connectivity index (χ3n) is 5.31. The molecule has 0 aliphatic heterocycles. The normalized spacial score (nSPS) is 11.9. The van der Waals surface area contributed by atoms with E-state index in [1.165, 1.54) is 22.3 Å². The monoisotopic (exact) mass is 431 g/mol. The lowest BCUT2D eigenvalue weighted by molar-refractivity contribution is -0.121. The predicted molar refractivity (Wildman–Crippen MR) is 125 cm³/mol. The van der Waals surface area contributed by atoms with Crippen molar-refractivity contribution in [3.8, 4) is 0 Å². The van der Waals surface area contributed by atoms with Crippen molar-refractivity contribution < 1.29 is 9.59 Å². The SMILES string of the molecule is O=C(CCCNC(=O)c1cccs1)NCC(c1ccccc1)c1c[nH]c2ccccc12. The average molecular weight is 432 g/mol. The van der Waals surface area contributed by atoms with Crippen LogP contribution in [0.3, 0.4) is 0 Å². The van der Waals surface area contributed by atoms with E-state index in [9.17, 15) is 9.59 Å². The number of aromatic amines is 1. The van der Waals surface area contributed by atoms with Gasteiger partial charge in [-0.05, 0) is 35.1 Å². The Hall–Kier alpha value is -3.38. The van der Waals surface area contributed by atoms with Gasteiger partial charge in [0.2, 0.25) is 5.91 Å². The van der Waals surface area contributed by atoms with Gasteiger partial charge < -0.3 is 15.6 Å². The molecular formula is C25H25N3O2S. The summed E-state index contributed by atoms with van der Waals surface area (Å²) in [6.45, 7) is 1.00. The van der Waals surface area contributed by atoms with Crippen LogP contribution in [0, 0.1) is 0 Å². The fourth-order valence-electron chi connectivity index (χ4n) is 3.73. The van der Waals surface area contributed by atoms with Crippen molar-refractivity contribution >= 4 is 34.1 Å². The van der Waals surface area contributed by atoms with Gasteiger partial charge in [0.1, 0.15) is 0 Å². The van der Waals surface area contributed by atoms with Crippen LogP contribution < -0.4 is 10.6 Å². The molecule has 31 heavy (non-hydrogen) atoms. The summed E-state index contributed by atoms with van der Waals surface area (Å²) < 4.78 is 0. The maximum absolute atomic E-state index is 12.5. The number of benzene rings is 2. The lowest BCUT2D eigenvalue weighted by atomic mass is 9.91. The van der Waals surface area contributed by atoms with E-state index in [1.807, 2.05) is 48.0 Å². The minimum absolute atomic E-state index is 0.00820. The summed E-state index contributed by atoms with van der Waals surface area (Å²) in [7, 11) is 0. The average Bonchev–Trinajstić information content (AvgIpc) is 3.48. The molecule has 0 saturated heterocycles. The molecular weight excluding hydrogens is 406 g/mol. The molecule has 158 valence electrons. The van der Waals surface area contributed by atoms with E-state index < -0.39 is 0 Å². The van der Waals surface area contributed by atoms with Gasteiger partial charge in [-0.3, -0.25) is 9.59 Å². The molecule has 4 aromatic rings. The van der Waals surface area contributed by atoms with E-state index in [0.717, 1.165) is 11.1 Å². The molecule has 0 saturated carbocycles. The second-order valence-electron chi connectivity index (χ2n) is 7.39. The Morgan fingerprint density at radius 2 is 1.74 bits per heavy atom. The van der Waals surface area contributed by atoms with E-state index in [0.29, 0.717) is 30.8 Å². The maximum Gasteiger partial charge on any atom is 0.261 e. The zero-order valence-corrected chi connectivity index (χ0v) is 18.0. The maximum atomic E-state index is 12.5. The molecule has 6 heteroatoms. The first-order chi connectivity index (χ1) is 15.2. The van der Waals surface area contributed by atoms with E-state index in [2.05, 4.69) is 39.9 Å². The highest BCUT2D eigenvalue weighted by Gasteiger charge is 2.19. The van der Waals surface area contributed by atoms with Gasteiger partial charge in [0, 0.05) is 42.5 Å². The van der Waals surface area contributed by atoms with E-state index in [1.54, 1.807) is 6.07 Å². The Balaban J connectivity index is 1.34. The highest BCUT2D eigenvalue weighted by molar-refractivity contribution is 7.12. The third kappa shape index (κ3) is 5.22. The van der Waals surface area contributed by atoms with Crippen molar-refractivity contribution in [3.05, 3.63) is 94.3 Å². The number of hydrogen-bond acceptors (Lipinski definition) is 3. The second-order valence-corrected chi connectivity index (χ2v) is 8.34. The van der Waals surface area contributed by atoms with Crippen LogP contribution in [0.15, 0.2) is 78.3 Å². The van der Waals surface area contributed by atoms with Crippen LogP contribution in [0.2, 0.25) is 0 Å². The van der Waals surface area contributed by atoms with Crippen LogP contribution in [0.1, 0.15) is 39.6 Å². The van der Waals surface area contributed by atoms with Crippen molar-refractivity contribution in [2.45, 2.75) is 18.8 Å². The smallest absolute Gasteiger partial charge is 0.261 e. The molecule has 0 aliphatic rings. The summed E-state index contributed by atoms with van der Waals surface area (Å²) in [4.78, 5) is 28.4. The van der Waals surface area contributed by atoms with Gasteiger partial charge in [-0.15, -0.1) is 11.3 Å². The van der Waals surface area contributed by atoms with Crippen molar-refractivity contribution in [1.82, 2.24) is 15.6 Å². The van der Waals surface area contributed by atoms with E-state index >= 15 is 0 Å². The van der Waals surface area contributed by atoms with Crippen LogP contribution in [0.4, 0.5) is 0 Å². The molecule has 1 unspecified atom stereocenters. The zero-order chi connectivity index (χ0) is 21.5. The molecule has 2 aromatic heterocycles. The summed E-state index contributed by atoms with van der Waals surface area (Å²) in [5, 5.41) is 8.99. The number of fused-ring (bicyclic) bond motifs is 1. The molecule has 0 aliphatic carbocycles. The number of hydrogen-bond donors (Lipinski definition) is 3. The first kappa shape index (κ1) is 20.9. The third-order valence-corrected chi connectivity index (χ3v) is 6.18. The van der Waals surface area contributed by atoms with Crippen molar-refractivity contribution in [1.29, 1.82) is 0 Å². The highest BCUT2D eigenvalue weighted by atomic mass is 32.1. The van der Waals surface area contributed by atoms with Gasteiger partial charge in [-0.1, -0.05) is 54.6 Å². The van der Waals surface area contributed by atoms with Crippen LogP contribution in [0.25, 0.3) is 10.9 Å². The summed E-state index contributed by atoms with van der Waals surface area (Å²) >= 11 is 1.41. The lowest BCUT2D eigenvalue weighted by Gasteiger charge is -2.18. The Morgan fingerprint density at radius 3 is 2.55 bits per heavy atom. The largest absolute Gasteiger partial charge is 0.361 e. The Labute approximate surface area is 185 Å². The molecule has 0 fully saturated rings. The molecule has 5 nitrogen and oxygen atoms in total. The second kappa shape index (κ2) is 10.1. The number of thiophene rings is 1. The van der Waals surface area contributed by atoms with Gasteiger partial charge in [-0.25, -0.2) is 0 Å². The Bertz CT molecular complexity index is 1140. The number of carbonyl (C=O) groups excluding carboxylic acids is 2. The van der Waals surface area contributed by atoms with Crippen molar-refractivity contribution in [2.75, 3.05) is 13.1 Å². The number of carbonyl (C=O) groups is 2. The van der Waals surface area contributed by atoms with E-state index in [-0.39, 0.29) is 17.7 Å². The van der Waals surface area contributed by atoms with Gasteiger partial charge in [-0.2, -0.15) is 0 Å². The molecule has 0 bridgehead atoms. The van der Waals surface area contributed by atoms with Gasteiger partial charge in [0.25, 0.3) is 5.91 Å². The zero-order valence-electron chi connectivity index (χ0n) is 17.1. The minimum Gasteiger partial charge on any atom is -0.361 e. The first-order valence-electron chi connectivity index (χ1n) is 10.4. The molecule has 2 aromatic carbocycles. The van der Waals surface area contributed by atoms with Gasteiger partial charge >= 0.3 is 0 Å². The van der Waals surface area contributed by atoms with Crippen LogP contribution in [0.5, 0.6) is 0 Å². The quantitative estimate of drug-likeness (QED) is 0.337. The van der Waals surface area contributed by atoms with E-state index in [4.69, 9.17) is 0 Å². The summed E-state index contributed by atoms with van der Waals surface area (Å²) in [5.41, 5.74) is 3.42. The number of amides is 2. The summed E-state index contributed by atoms with van der Waals surface area (Å²) in [5.74, 6) is -0.0372. The number of rotatable bonds is 9. The molecule has 2 amide bonds. The predicted octanol–water partition coefficient (Wildman–Crippen LogP) is 4.69. The highest BCUT2D eigenvalue weighted by Crippen LogP contribution is 2.30. The fraction of sp³-hybridized carbons (Fsp3) is 0.200. The van der Waals surface area contributed by atoms with Crippen LogP contribution >= 0.6 is 11.3 Å².